The summed E-state index contributed by atoms with van der Waals surface area (Å²) < 4.78 is 13.3. The van der Waals surface area contributed by atoms with Crippen LogP contribution in [0, 0.1) is 6.92 Å². The van der Waals surface area contributed by atoms with Crippen LogP contribution < -0.4 is 11.2 Å². The lowest BCUT2D eigenvalue weighted by Gasteiger charge is -2.23. The fourth-order valence-corrected chi connectivity index (χ4v) is 4.48. The quantitative estimate of drug-likeness (QED) is 0.567. The first-order valence-electron chi connectivity index (χ1n) is 8.19. The summed E-state index contributed by atoms with van der Waals surface area (Å²) in [6, 6.07) is 0. The highest BCUT2D eigenvalue weighted by atomic mass is 33.1. The molecule has 1 fully saturated rings. The molecule has 1 aliphatic heterocycles. The Kier molecular flexibility index (Phi) is 6.83. The molecule has 0 aliphatic carbocycles. The first kappa shape index (κ1) is 20.6. The number of nitrogens with zero attached hydrogens (tertiary/aromatic N) is 1. The van der Waals surface area contributed by atoms with Gasteiger partial charge in [0.1, 0.15) is 17.8 Å². The van der Waals surface area contributed by atoms with Gasteiger partial charge in [-0.2, -0.15) is 0 Å². The molecule has 1 aliphatic rings. The van der Waals surface area contributed by atoms with Gasteiger partial charge in [-0.3, -0.25) is 14.3 Å². The molecule has 2 rings (SSSR count). The maximum atomic E-state index is 12.0. The maximum Gasteiger partial charge on any atom is 0.330 e. The largest absolute Gasteiger partial charge is 0.394 e. The minimum atomic E-state index is -0.572. The summed E-state index contributed by atoms with van der Waals surface area (Å²) in [4.78, 5) is 25.8. The van der Waals surface area contributed by atoms with E-state index in [1.807, 2.05) is 6.92 Å². The maximum absolute atomic E-state index is 12.0. The van der Waals surface area contributed by atoms with Gasteiger partial charge in [0.15, 0.2) is 0 Å². The Balaban J connectivity index is 2.06. The van der Waals surface area contributed by atoms with E-state index in [9.17, 15) is 14.7 Å². The van der Waals surface area contributed by atoms with Gasteiger partial charge in [-0.15, -0.1) is 0 Å². The number of aryl methyl sites for hydroxylation is 1. The van der Waals surface area contributed by atoms with Crippen molar-refractivity contribution in [2.75, 3.05) is 6.61 Å². The van der Waals surface area contributed by atoms with Gasteiger partial charge >= 0.3 is 5.69 Å². The van der Waals surface area contributed by atoms with E-state index in [4.69, 9.17) is 9.47 Å². The summed E-state index contributed by atoms with van der Waals surface area (Å²) >= 11 is 0. The smallest absolute Gasteiger partial charge is 0.330 e. The van der Waals surface area contributed by atoms with Gasteiger partial charge in [0.2, 0.25) is 0 Å². The minimum Gasteiger partial charge on any atom is -0.394 e. The highest BCUT2D eigenvalue weighted by Crippen LogP contribution is 2.40. The van der Waals surface area contributed by atoms with Crippen LogP contribution in [-0.2, 0) is 9.47 Å². The van der Waals surface area contributed by atoms with Crippen LogP contribution in [0.15, 0.2) is 15.8 Å². The number of aliphatic hydroxyl groups excluding tert-OH is 1. The molecule has 0 amide bonds. The van der Waals surface area contributed by atoms with Crippen molar-refractivity contribution < 1.29 is 14.6 Å². The fraction of sp³-hybridized carbons (Fsp3) is 0.750. The van der Waals surface area contributed by atoms with E-state index in [0.717, 1.165) is 0 Å². The molecule has 2 N–H and O–H groups in total. The third-order valence-electron chi connectivity index (χ3n) is 3.62. The molecular formula is C16H26N2O5S2. The second-order valence-corrected chi connectivity index (χ2v) is 10.4. The van der Waals surface area contributed by atoms with Crippen LogP contribution in [0.25, 0.3) is 0 Å². The summed E-state index contributed by atoms with van der Waals surface area (Å²) in [6.45, 7) is 9.79. The van der Waals surface area contributed by atoms with Crippen molar-refractivity contribution >= 4 is 21.6 Å². The summed E-state index contributed by atoms with van der Waals surface area (Å²) in [5.74, 6) is 0. The van der Waals surface area contributed by atoms with Crippen molar-refractivity contribution in [3.05, 3.63) is 32.6 Å². The van der Waals surface area contributed by atoms with Gasteiger partial charge in [-0.05, 0) is 13.8 Å². The standard InChI is InChI=1S/C16H26N2O5S2/c1-9-7-18(15(21)17-14(9)20)13-6-11(12(8-19)23-13)22-10(2)24-25-16(3,4)5/h7,10-13,19H,6,8H2,1-5H3,(H,17,20,21)/t10?,11?,12-,13-/m1/s1. The van der Waals surface area contributed by atoms with E-state index in [1.165, 1.54) is 10.8 Å². The van der Waals surface area contributed by atoms with Gasteiger partial charge in [0.05, 0.1) is 12.7 Å². The van der Waals surface area contributed by atoms with Crippen molar-refractivity contribution in [3.63, 3.8) is 0 Å². The Labute approximate surface area is 154 Å². The van der Waals surface area contributed by atoms with Crippen LogP contribution in [0.5, 0.6) is 0 Å². The van der Waals surface area contributed by atoms with E-state index in [0.29, 0.717) is 12.0 Å². The van der Waals surface area contributed by atoms with Gasteiger partial charge in [-0.1, -0.05) is 42.4 Å². The molecule has 7 nitrogen and oxygen atoms in total. The molecule has 0 spiro atoms. The summed E-state index contributed by atoms with van der Waals surface area (Å²) in [7, 11) is 3.36. The number of aliphatic hydroxyl groups is 1. The lowest BCUT2D eigenvalue weighted by Crippen LogP contribution is -2.33. The number of aromatic amines is 1. The highest BCUT2D eigenvalue weighted by Gasteiger charge is 2.38. The molecule has 1 saturated heterocycles. The Bertz CT molecular complexity index is 697. The second-order valence-electron chi connectivity index (χ2n) is 7.06. The Morgan fingerprint density at radius 3 is 2.76 bits per heavy atom. The molecule has 9 heteroatoms. The summed E-state index contributed by atoms with van der Waals surface area (Å²) in [5.41, 5.74) is -0.586. The van der Waals surface area contributed by atoms with Crippen LogP contribution in [-0.4, -0.2) is 43.7 Å². The average molecular weight is 391 g/mol. The molecule has 0 aromatic carbocycles. The SMILES string of the molecule is Cc1cn([C@H]2CC(OC(C)SSC(C)(C)C)[C@@H](CO)O2)c(=O)[nH]c1=O. The first-order valence-corrected chi connectivity index (χ1v) is 10.4. The Morgan fingerprint density at radius 1 is 1.48 bits per heavy atom. The van der Waals surface area contributed by atoms with Gasteiger partial charge in [-0.25, -0.2) is 4.79 Å². The van der Waals surface area contributed by atoms with Crippen LogP contribution in [0.3, 0.4) is 0 Å². The second kappa shape index (κ2) is 8.30. The molecule has 25 heavy (non-hydrogen) atoms. The van der Waals surface area contributed by atoms with E-state index in [1.54, 1.807) is 28.5 Å². The number of nitrogens with one attached hydrogen (secondary N) is 1. The van der Waals surface area contributed by atoms with Crippen molar-refractivity contribution in [2.24, 2.45) is 0 Å². The van der Waals surface area contributed by atoms with E-state index in [2.05, 4.69) is 25.8 Å². The Hall–Kier alpha value is -0.740. The minimum absolute atomic E-state index is 0.0836. The molecule has 4 atom stereocenters. The number of hydrogen-bond acceptors (Lipinski definition) is 7. The van der Waals surface area contributed by atoms with Crippen molar-refractivity contribution in [1.82, 2.24) is 9.55 Å². The normalized spacial score (nSPS) is 25.3. The van der Waals surface area contributed by atoms with Crippen molar-refractivity contribution in [2.45, 2.75) is 69.7 Å². The lowest BCUT2D eigenvalue weighted by molar-refractivity contribution is -0.0645. The molecule has 0 radical (unpaired) electrons. The predicted octanol–water partition coefficient (Wildman–Crippen LogP) is 2.04. The average Bonchev–Trinajstić information content (AvgIpc) is 2.91. The molecule has 2 heterocycles. The lowest BCUT2D eigenvalue weighted by atomic mass is 10.2. The fourth-order valence-electron chi connectivity index (χ4n) is 2.46. The van der Waals surface area contributed by atoms with E-state index in [-0.39, 0.29) is 22.9 Å². The van der Waals surface area contributed by atoms with E-state index < -0.39 is 23.6 Å². The van der Waals surface area contributed by atoms with Gasteiger partial charge < -0.3 is 14.6 Å². The summed E-state index contributed by atoms with van der Waals surface area (Å²) in [5, 5.41) is 9.58. The van der Waals surface area contributed by atoms with E-state index >= 15 is 0 Å². The summed E-state index contributed by atoms with van der Waals surface area (Å²) in [6.07, 6.45) is 0.513. The number of rotatable bonds is 6. The zero-order valence-electron chi connectivity index (χ0n) is 15.1. The first-order chi connectivity index (χ1) is 11.6. The van der Waals surface area contributed by atoms with Crippen molar-refractivity contribution in [1.29, 1.82) is 0 Å². The number of aromatic nitrogens is 2. The van der Waals surface area contributed by atoms with Crippen LogP contribution >= 0.6 is 21.6 Å². The molecule has 1 aromatic heterocycles. The van der Waals surface area contributed by atoms with Gasteiger partial charge in [0, 0.05) is 22.9 Å². The number of hydrogen-bond donors (Lipinski definition) is 2. The molecular weight excluding hydrogens is 364 g/mol. The van der Waals surface area contributed by atoms with Gasteiger partial charge in [0.25, 0.3) is 5.56 Å². The van der Waals surface area contributed by atoms with Crippen molar-refractivity contribution in [3.8, 4) is 0 Å². The molecule has 2 unspecified atom stereocenters. The van der Waals surface area contributed by atoms with Crippen LogP contribution in [0.1, 0.15) is 45.9 Å². The topological polar surface area (TPSA) is 93.6 Å². The predicted molar refractivity (Wildman–Crippen MR) is 101 cm³/mol. The zero-order chi connectivity index (χ0) is 18.8. The molecule has 0 bridgehead atoms. The van der Waals surface area contributed by atoms with Crippen LogP contribution in [0.2, 0.25) is 0 Å². The highest BCUT2D eigenvalue weighted by molar-refractivity contribution is 8.77. The number of H-pyrrole nitrogens is 1. The molecule has 0 saturated carbocycles. The zero-order valence-corrected chi connectivity index (χ0v) is 16.8. The Morgan fingerprint density at radius 2 is 2.16 bits per heavy atom. The monoisotopic (exact) mass is 390 g/mol. The third kappa shape index (κ3) is 5.62. The molecule has 1 aromatic rings. The third-order valence-corrected chi connectivity index (χ3v) is 7.20. The molecule has 142 valence electrons. The number of ether oxygens (including phenoxy) is 2. The van der Waals surface area contributed by atoms with Crippen LogP contribution in [0.4, 0.5) is 0 Å².